The number of hydrogen-bond acceptors (Lipinski definition) is 4. The van der Waals surface area contributed by atoms with Crippen LogP contribution >= 0.6 is 0 Å². The third-order valence-electron chi connectivity index (χ3n) is 2.29. The monoisotopic (exact) mass is 210 g/mol. The molecule has 1 aromatic heterocycles. The lowest BCUT2D eigenvalue weighted by molar-refractivity contribution is -0.144. The lowest BCUT2D eigenvalue weighted by Gasteiger charge is -2.25. The van der Waals surface area contributed by atoms with Crippen molar-refractivity contribution in [1.29, 1.82) is 0 Å². The Morgan fingerprint density at radius 2 is 2.40 bits per heavy atom. The second kappa shape index (κ2) is 3.90. The van der Waals surface area contributed by atoms with Crippen LogP contribution in [0.4, 0.5) is 5.69 Å². The smallest absolute Gasteiger partial charge is 0.300 e. The minimum absolute atomic E-state index is 0.257. The van der Waals surface area contributed by atoms with Gasteiger partial charge in [0.1, 0.15) is 0 Å². The first kappa shape index (κ1) is 9.97. The van der Waals surface area contributed by atoms with E-state index in [4.69, 9.17) is 10.6 Å². The van der Waals surface area contributed by atoms with E-state index in [1.807, 2.05) is 0 Å². The summed E-state index contributed by atoms with van der Waals surface area (Å²) in [5.41, 5.74) is 6.31. The molecule has 2 rings (SSSR count). The Labute approximate surface area is 87.6 Å². The second-order valence-electron chi connectivity index (χ2n) is 3.55. The number of amides is 1. The van der Waals surface area contributed by atoms with E-state index >= 15 is 0 Å². The van der Waals surface area contributed by atoms with Crippen LogP contribution in [0.3, 0.4) is 0 Å². The number of aromatic nitrogens is 2. The number of rotatable bonds is 1. The fraction of sp³-hybridized carbons (Fsp3) is 0.556. The summed E-state index contributed by atoms with van der Waals surface area (Å²) in [5, 5.41) is 5.34. The van der Waals surface area contributed by atoms with Crippen molar-refractivity contribution in [2.24, 2.45) is 7.05 Å². The highest BCUT2D eigenvalue weighted by atomic mass is 16.7. The van der Waals surface area contributed by atoms with Crippen molar-refractivity contribution in [2.45, 2.75) is 12.8 Å². The first-order valence-corrected chi connectivity index (χ1v) is 4.92. The highest BCUT2D eigenvalue weighted by Crippen LogP contribution is 2.14. The van der Waals surface area contributed by atoms with Crippen LogP contribution in [0, 0.1) is 0 Å². The zero-order chi connectivity index (χ0) is 10.8. The van der Waals surface area contributed by atoms with E-state index in [0.717, 1.165) is 12.8 Å². The molecule has 1 aliphatic rings. The van der Waals surface area contributed by atoms with Gasteiger partial charge in [-0.15, -0.1) is 0 Å². The zero-order valence-corrected chi connectivity index (χ0v) is 8.64. The maximum absolute atomic E-state index is 11.9. The summed E-state index contributed by atoms with van der Waals surface area (Å²) in [6.07, 6.45) is 3.55. The molecule has 2 heterocycles. The second-order valence-corrected chi connectivity index (χ2v) is 3.55. The Bertz CT molecular complexity index is 368. The molecule has 6 heteroatoms. The number of nitrogens with two attached hydrogens (primary N) is 1. The van der Waals surface area contributed by atoms with Crippen molar-refractivity contribution in [3.8, 4) is 0 Å². The highest BCUT2D eigenvalue weighted by molar-refractivity contribution is 5.96. The first-order valence-electron chi connectivity index (χ1n) is 4.92. The molecule has 0 unspecified atom stereocenters. The Kier molecular flexibility index (Phi) is 2.59. The quantitative estimate of drug-likeness (QED) is 0.717. The molecule has 0 aromatic carbocycles. The predicted octanol–water partition coefficient (Wildman–Crippen LogP) is 0.170. The molecular weight excluding hydrogens is 196 g/mol. The number of aryl methyl sites for hydroxylation is 1. The molecular formula is C9H14N4O2. The van der Waals surface area contributed by atoms with Crippen molar-refractivity contribution >= 4 is 11.6 Å². The summed E-state index contributed by atoms with van der Waals surface area (Å²) in [5.74, 6) is -0.257. The largest absolute Gasteiger partial charge is 0.396 e. The van der Waals surface area contributed by atoms with Gasteiger partial charge in [0.15, 0.2) is 5.69 Å². The molecule has 1 saturated heterocycles. The molecule has 6 nitrogen and oxygen atoms in total. The number of carbonyl (C=O) groups excluding carboxylic acids is 1. The number of hydroxylamine groups is 2. The molecule has 0 spiro atoms. The molecule has 1 fully saturated rings. The Morgan fingerprint density at radius 1 is 1.60 bits per heavy atom. The predicted molar refractivity (Wildman–Crippen MR) is 53.8 cm³/mol. The van der Waals surface area contributed by atoms with Crippen LogP contribution in [0.1, 0.15) is 23.3 Å². The van der Waals surface area contributed by atoms with Gasteiger partial charge < -0.3 is 5.73 Å². The van der Waals surface area contributed by atoms with Gasteiger partial charge in [0.05, 0.1) is 12.3 Å². The fourth-order valence-corrected chi connectivity index (χ4v) is 1.55. The third kappa shape index (κ3) is 1.94. The van der Waals surface area contributed by atoms with Crippen molar-refractivity contribution < 1.29 is 9.63 Å². The molecule has 1 aliphatic heterocycles. The normalized spacial score (nSPS) is 16.7. The minimum Gasteiger partial charge on any atom is -0.396 e. The average molecular weight is 210 g/mol. The van der Waals surface area contributed by atoms with Crippen molar-refractivity contribution in [1.82, 2.24) is 14.8 Å². The first-order chi connectivity index (χ1) is 7.18. The lowest BCUT2D eigenvalue weighted by Crippen LogP contribution is -2.36. The fourth-order valence-electron chi connectivity index (χ4n) is 1.55. The molecule has 0 bridgehead atoms. The minimum atomic E-state index is -0.257. The van der Waals surface area contributed by atoms with Gasteiger partial charge in [0, 0.05) is 19.8 Å². The zero-order valence-electron chi connectivity index (χ0n) is 8.64. The molecule has 1 aromatic rings. The van der Waals surface area contributed by atoms with E-state index in [2.05, 4.69) is 5.10 Å². The molecule has 2 N–H and O–H groups in total. The summed E-state index contributed by atoms with van der Waals surface area (Å²) in [6.45, 7) is 1.19. The van der Waals surface area contributed by atoms with Crippen molar-refractivity contribution in [3.63, 3.8) is 0 Å². The maximum Gasteiger partial charge on any atom is 0.300 e. The molecule has 0 atom stereocenters. The van der Waals surface area contributed by atoms with E-state index in [9.17, 15) is 4.79 Å². The van der Waals surface area contributed by atoms with Crippen LogP contribution in [-0.4, -0.2) is 33.9 Å². The maximum atomic E-state index is 11.9. The summed E-state index contributed by atoms with van der Waals surface area (Å²) in [4.78, 5) is 17.1. The van der Waals surface area contributed by atoms with Gasteiger partial charge in [-0.05, 0) is 12.8 Å². The van der Waals surface area contributed by atoms with Crippen LogP contribution in [0.5, 0.6) is 0 Å². The van der Waals surface area contributed by atoms with Crippen LogP contribution in [0.15, 0.2) is 6.20 Å². The Balaban J connectivity index is 2.16. The van der Waals surface area contributed by atoms with Gasteiger partial charge in [0.2, 0.25) is 0 Å². The topological polar surface area (TPSA) is 73.4 Å². The summed E-state index contributed by atoms with van der Waals surface area (Å²) < 4.78 is 1.52. The Morgan fingerprint density at radius 3 is 2.93 bits per heavy atom. The summed E-state index contributed by atoms with van der Waals surface area (Å²) in [7, 11) is 1.73. The van der Waals surface area contributed by atoms with Crippen LogP contribution in [0.25, 0.3) is 0 Å². The van der Waals surface area contributed by atoms with E-state index in [-0.39, 0.29) is 11.6 Å². The molecule has 1 amide bonds. The van der Waals surface area contributed by atoms with E-state index < -0.39 is 0 Å². The summed E-state index contributed by atoms with van der Waals surface area (Å²) >= 11 is 0. The third-order valence-corrected chi connectivity index (χ3v) is 2.29. The molecule has 0 radical (unpaired) electrons. The molecule has 0 aliphatic carbocycles. The van der Waals surface area contributed by atoms with Gasteiger partial charge in [-0.25, -0.2) is 5.06 Å². The number of nitrogens with zero attached hydrogens (tertiary/aromatic N) is 3. The van der Waals surface area contributed by atoms with E-state index in [1.54, 1.807) is 13.2 Å². The lowest BCUT2D eigenvalue weighted by atomic mass is 10.3. The van der Waals surface area contributed by atoms with Crippen molar-refractivity contribution in [2.75, 3.05) is 18.9 Å². The number of carbonyl (C=O) groups is 1. The Hall–Kier alpha value is -1.56. The molecule has 15 heavy (non-hydrogen) atoms. The van der Waals surface area contributed by atoms with E-state index in [0.29, 0.717) is 18.8 Å². The molecule has 82 valence electrons. The number of nitrogen functional groups attached to an aromatic ring is 1. The highest BCUT2D eigenvalue weighted by Gasteiger charge is 2.23. The van der Waals surface area contributed by atoms with Crippen LogP contribution in [-0.2, 0) is 11.9 Å². The SMILES string of the molecule is Cn1cc(N)c(C(=O)N2CCCCO2)n1. The van der Waals surface area contributed by atoms with Crippen LogP contribution < -0.4 is 5.73 Å². The van der Waals surface area contributed by atoms with Gasteiger partial charge >= 0.3 is 0 Å². The molecule has 0 saturated carbocycles. The number of hydrogen-bond donors (Lipinski definition) is 1. The van der Waals surface area contributed by atoms with Gasteiger partial charge in [0.25, 0.3) is 5.91 Å². The average Bonchev–Trinajstić information content (AvgIpc) is 2.58. The standard InChI is InChI=1S/C9H14N4O2/c1-12-6-7(10)8(11-12)9(14)13-4-2-3-5-15-13/h6H,2-5,10H2,1H3. The van der Waals surface area contributed by atoms with Gasteiger partial charge in [-0.3, -0.25) is 14.3 Å². The van der Waals surface area contributed by atoms with Crippen LogP contribution in [0.2, 0.25) is 0 Å². The van der Waals surface area contributed by atoms with E-state index in [1.165, 1.54) is 9.75 Å². The van der Waals surface area contributed by atoms with Gasteiger partial charge in [-0.2, -0.15) is 5.10 Å². The van der Waals surface area contributed by atoms with Gasteiger partial charge in [-0.1, -0.05) is 0 Å². The van der Waals surface area contributed by atoms with Crippen molar-refractivity contribution in [3.05, 3.63) is 11.9 Å². The number of anilines is 1. The summed E-state index contributed by atoms with van der Waals surface area (Å²) in [6, 6.07) is 0.